The number of halogens is 1. The molecule has 0 aliphatic heterocycles. The number of nitrogens with zero attached hydrogens (tertiary/aromatic N) is 1. The van der Waals surface area contributed by atoms with Crippen LogP contribution in [0.4, 0.5) is 5.69 Å². The van der Waals surface area contributed by atoms with Gasteiger partial charge in [-0.1, -0.05) is 41.4 Å². The molecule has 10 heteroatoms. The molecule has 0 radical (unpaired) electrons. The monoisotopic (exact) mass is 577 g/mol. The van der Waals surface area contributed by atoms with E-state index in [0.717, 1.165) is 11.1 Å². The highest BCUT2D eigenvalue weighted by Crippen LogP contribution is 2.29. The molecule has 0 saturated heterocycles. The smallest absolute Gasteiger partial charge is 0.271 e. The molecule has 0 aliphatic carbocycles. The standard InChI is InChI=1S/C30H28ClN3O5S/c1-3-38-29-18-23(8-17-28(29)39-20-22-6-11-25(31)12-7-22)19-32-33-30(35)24-9-13-26(14-10-24)34-40(36,37)27-15-4-21(2)5-16-27/h4-19,34H,3,20H2,1-2H3,(H,33,35)/b32-19-. The molecule has 0 aromatic heterocycles. The molecule has 0 heterocycles. The van der Waals surface area contributed by atoms with Gasteiger partial charge in [0.05, 0.1) is 17.7 Å². The van der Waals surface area contributed by atoms with Gasteiger partial charge >= 0.3 is 0 Å². The summed E-state index contributed by atoms with van der Waals surface area (Å²) in [4.78, 5) is 12.7. The predicted octanol–water partition coefficient (Wildman–Crippen LogP) is 6.19. The van der Waals surface area contributed by atoms with Crippen molar-refractivity contribution in [1.82, 2.24) is 5.43 Å². The topological polar surface area (TPSA) is 106 Å². The third kappa shape index (κ3) is 7.84. The maximum atomic E-state index is 12.6. The Balaban J connectivity index is 1.35. The van der Waals surface area contributed by atoms with Crippen LogP contribution in [0.1, 0.15) is 34.0 Å². The Kier molecular flexibility index (Phi) is 9.42. The first-order valence-corrected chi connectivity index (χ1v) is 14.3. The molecule has 8 nitrogen and oxygen atoms in total. The quantitative estimate of drug-likeness (QED) is 0.163. The largest absolute Gasteiger partial charge is 0.490 e. The number of rotatable bonds is 11. The zero-order valence-corrected chi connectivity index (χ0v) is 23.5. The van der Waals surface area contributed by atoms with Crippen molar-refractivity contribution < 1.29 is 22.7 Å². The second-order valence-corrected chi connectivity index (χ2v) is 10.9. The molecular formula is C30H28ClN3O5S. The Bertz CT molecular complexity index is 1590. The molecule has 40 heavy (non-hydrogen) atoms. The summed E-state index contributed by atoms with van der Waals surface area (Å²) >= 11 is 5.94. The molecule has 0 saturated carbocycles. The van der Waals surface area contributed by atoms with Gasteiger partial charge in [-0.3, -0.25) is 9.52 Å². The van der Waals surface area contributed by atoms with Crippen LogP contribution in [0, 0.1) is 6.92 Å². The van der Waals surface area contributed by atoms with Crippen LogP contribution >= 0.6 is 11.6 Å². The summed E-state index contributed by atoms with van der Waals surface area (Å²) in [5.41, 5.74) is 5.75. The van der Waals surface area contributed by atoms with Crippen LogP contribution in [0.25, 0.3) is 0 Å². The molecule has 206 valence electrons. The third-order valence-corrected chi connectivity index (χ3v) is 7.33. The van der Waals surface area contributed by atoms with Crippen LogP contribution in [-0.4, -0.2) is 27.1 Å². The van der Waals surface area contributed by atoms with E-state index in [0.29, 0.717) is 46.5 Å². The molecule has 2 N–H and O–H groups in total. The molecule has 4 rings (SSSR count). The van der Waals surface area contributed by atoms with Crippen LogP contribution < -0.4 is 19.6 Å². The summed E-state index contributed by atoms with van der Waals surface area (Å²) in [7, 11) is -3.74. The number of nitrogens with one attached hydrogen (secondary N) is 2. The predicted molar refractivity (Wildman–Crippen MR) is 157 cm³/mol. The number of hydrogen-bond acceptors (Lipinski definition) is 6. The van der Waals surface area contributed by atoms with Gasteiger partial charge in [0.25, 0.3) is 15.9 Å². The molecular weight excluding hydrogens is 550 g/mol. The van der Waals surface area contributed by atoms with Crippen molar-refractivity contribution in [2.24, 2.45) is 5.10 Å². The number of ether oxygens (including phenoxy) is 2. The highest BCUT2D eigenvalue weighted by molar-refractivity contribution is 7.92. The molecule has 0 aliphatic rings. The van der Waals surface area contributed by atoms with E-state index in [4.69, 9.17) is 21.1 Å². The van der Waals surface area contributed by atoms with Gasteiger partial charge in [0.15, 0.2) is 11.5 Å². The Morgan fingerprint density at radius 3 is 2.27 bits per heavy atom. The zero-order valence-electron chi connectivity index (χ0n) is 21.9. The maximum Gasteiger partial charge on any atom is 0.271 e. The second-order valence-electron chi connectivity index (χ2n) is 8.75. The van der Waals surface area contributed by atoms with Crippen LogP contribution in [0.2, 0.25) is 5.02 Å². The van der Waals surface area contributed by atoms with Crippen LogP contribution in [0.15, 0.2) is 101 Å². The molecule has 4 aromatic carbocycles. The van der Waals surface area contributed by atoms with Gasteiger partial charge in [-0.15, -0.1) is 0 Å². The number of hydrogen-bond donors (Lipinski definition) is 2. The van der Waals surface area contributed by atoms with E-state index in [1.54, 1.807) is 42.5 Å². The fourth-order valence-electron chi connectivity index (χ4n) is 3.59. The van der Waals surface area contributed by atoms with Crippen molar-refractivity contribution in [3.05, 3.63) is 118 Å². The number of anilines is 1. The summed E-state index contributed by atoms with van der Waals surface area (Å²) in [5, 5.41) is 4.69. The lowest BCUT2D eigenvalue weighted by Crippen LogP contribution is -2.18. The highest BCUT2D eigenvalue weighted by Gasteiger charge is 2.14. The van der Waals surface area contributed by atoms with E-state index in [1.807, 2.05) is 26.0 Å². The minimum absolute atomic E-state index is 0.155. The maximum absolute atomic E-state index is 12.6. The Morgan fingerprint density at radius 2 is 1.60 bits per heavy atom. The average Bonchev–Trinajstić information content (AvgIpc) is 2.94. The zero-order chi connectivity index (χ0) is 28.5. The summed E-state index contributed by atoms with van der Waals surface area (Å²) in [6.45, 7) is 4.56. The first-order chi connectivity index (χ1) is 19.2. The number of benzene rings is 4. The van der Waals surface area contributed by atoms with Gasteiger partial charge in [-0.05, 0) is 91.7 Å². The average molecular weight is 578 g/mol. The second kappa shape index (κ2) is 13.1. The number of aryl methyl sites for hydroxylation is 1. The fraction of sp³-hybridized carbons (Fsp3) is 0.133. The lowest BCUT2D eigenvalue weighted by molar-refractivity contribution is 0.0955. The first kappa shape index (κ1) is 28.7. The molecule has 0 unspecified atom stereocenters. The van der Waals surface area contributed by atoms with Gasteiger partial charge in [-0.2, -0.15) is 5.10 Å². The number of amides is 1. The molecule has 0 atom stereocenters. The number of hydrazone groups is 1. The van der Waals surface area contributed by atoms with E-state index >= 15 is 0 Å². The minimum Gasteiger partial charge on any atom is -0.490 e. The minimum atomic E-state index is -3.74. The van der Waals surface area contributed by atoms with Crippen molar-refractivity contribution >= 4 is 39.4 Å². The highest BCUT2D eigenvalue weighted by atomic mass is 35.5. The van der Waals surface area contributed by atoms with Crippen LogP contribution in [0.3, 0.4) is 0 Å². The van der Waals surface area contributed by atoms with Crippen molar-refractivity contribution in [1.29, 1.82) is 0 Å². The molecule has 1 amide bonds. The molecule has 0 fully saturated rings. The Hall–Kier alpha value is -4.34. The van der Waals surface area contributed by atoms with Crippen LogP contribution in [0.5, 0.6) is 11.5 Å². The van der Waals surface area contributed by atoms with Gasteiger partial charge in [0.2, 0.25) is 0 Å². The normalized spacial score (nSPS) is 11.3. The van der Waals surface area contributed by atoms with Gasteiger partial charge in [0, 0.05) is 16.3 Å². The van der Waals surface area contributed by atoms with Crippen molar-refractivity contribution in [2.75, 3.05) is 11.3 Å². The SMILES string of the molecule is CCOc1cc(/C=N\NC(=O)c2ccc(NS(=O)(=O)c3ccc(C)cc3)cc2)ccc1OCc1ccc(Cl)cc1. The summed E-state index contributed by atoms with van der Waals surface area (Å²) < 4.78 is 39.3. The van der Waals surface area contributed by atoms with Gasteiger partial charge < -0.3 is 9.47 Å². The Morgan fingerprint density at radius 1 is 0.900 bits per heavy atom. The number of sulfonamides is 1. The van der Waals surface area contributed by atoms with Gasteiger partial charge in [-0.25, -0.2) is 13.8 Å². The summed E-state index contributed by atoms with van der Waals surface area (Å²) in [6.07, 6.45) is 1.49. The molecule has 0 spiro atoms. The van der Waals surface area contributed by atoms with Crippen molar-refractivity contribution in [3.8, 4) is 11.5 Å². The van der Waals surface area contributed by atoms with Gasteiger partial charge in [0.1, 0.15) is 6.61 Å². The number of carbonyl (C=O) groups is 1. The van der Waals surface area contributed by atoms with Crippen molar-refractivity contribution in [2.45, 2.75) is 25.3 Å². The van der Waals surface area contributed by atoms with E-state index in [9.17, 15) is 13.2 Å². The van der Waals surface area contributed by atoms with E-state index < -0.39 is 15.9 Å². The number of carbonyl (C=O) groups excluding carboxylic acids is 1. The van der Waals surface area contributed by atoms with E-state index in [1.165, 1.54) is 42.6 Å². The lowest BCUT2D eigenvalue weighted by atomic mass is 10.2. The first-order valence-electron chi connectivity index (χ1n) is 12.4. The fourth-order valence-corrected chi connectivity index (χ4v) is 4.77. The third-order valence-electron chi connectivity index (χ3n) is 5.69. The van der Waals surface area contributed by atoms with Crippen LogP contribution in [-0.2, 0) is 16.6 Å². The molecule has 0 bridgehead atoms. The summed E-state index contributed by atoms with van der Waals surface area (Å²) in [6, 6.07) is 25.3. The van der Waals surface area contributed by atoms with Crippen molar-refractivity contribution in [3.63, 3.8) is 0 Å². The summed E-state index contributed by atoms with van der Waals surface area (Å²) in [5.74, 6) is 0.684. The van der Waals surface area contributed by atoms with E-state index in [-0.39, 0.29) is 4.90 Å². The Labute approximate surface area is 238 Å². The lowest BCUT2D eigenvalue weighted by Gasteiger charge is -2.12. The molecule has 4 aromatic rings. The van der Waals surface area contributed by atoms with E-state index in [2.05, 4.69) is 15.2 Å².